The summed E-state index contributed by atoms with van der Waals surface area (Å²) in [4.78, 5) is 66.4. The highest BCUT2D eigenvalue weighted by molar-refractivity contribution is 7.80. The van der Waals surface area contributed by atoms with Gasteiger partial charge in [0, 0.05) is 107 Å². The molecule has 2 amide bonds. The van der Waals surface area contributed by atoms with Crippen molar-refractivity contribution in [3.63, 3.8) is 0 Å². The standard InChI is InChI=1S/C47H58F3N9O8S/c1-28(60)58(43(47(2,3)4)45(63)57-27-34(61)22-39(57)46(64)65)55-19-17-53(18-20-55)25-29-11-14-54(15-12-29)33-7-5-30(6-8-33)31-21-35-36(24-52-44(35)51-23-31)42(62)40-37(49)9-10-38(41(40)50)59(68(66)67)56-16-13-32(48)26-56/h5-10,21,23-24,29,32,34,39,43,61H,11-20,22,25-27H2,1-4H3,(H,51,52)(H,64,65)(H,66,67)/p-1/t32-,34-,39+,43-/m1/s1. The molecule has 2 aromatic heterocycles. The molecule has 4 saturated heterocycles. The van der Waals surface area contributed by atoms with Crippen molar-refractivity contribution in [2.45, 2.75) is 77.7 Å². The van der Waals surface area contributed by atoms with Crippen LogP contribution in [0.1, 0.15) is 69.3 Å². The number of hydrazine groups is 2. The normalized spacial score (nSPS) is 22.2. The van der Waals surface area contributed by atoms with Gasteiger partial charge in [0.1, 0.15) is 35.4 Å². The Labute approximate surface area is 394 Å². The number of amides is 2. The fourth-order valence-electron chi connectivity index (χ4n) is 10.1. The van der Waals surface area contributed by atoms with E-state index in [9.17, 15) is 42.5 Å². The summed E-state index contributed by atoms with van der Waals surface area (Å²) < 4.78 is 70.2. The Bertz CT molecular complexity index is 2560. The van der Waals surface area contributed by atoms with Crippen LogP contribution in [0.2, 0.25) is 0 Å². The summed E-state index contributed by atoms with van der Waals surface area (Å²) in [6.07, 6.45) is 2.56. The van der Waals surface area contributed by atoms with E-state index in [1.807, 2.05) is 50.0 Å². The number of likely N-dealkylation sites (tertiary alicyclic amines) is 1. The number of rotatable bonds is 13. The van der Waals surface area contributed by atoms with Crippen molar-refractivity contribution in [2.75, 3.05) is 74.8 Å². The number of aliphatic carboxylic acids is 1. The minimum absolute atomic E-state index is 0.0159. The van der Waals surface area contributed by atoms with E-state index < -0.39 is 81.6 Å². The van der Waals surface area contributed by atoms with E-state index >= 15 is 8.78 Å². The lowest BCUT2D eigenvalue weighted by molar-refractivity contribution is -0.177. The quantitative estimate of drug-likeness (QED) is 0.126. The number of alkyl halides is 1. The second-order valence-electron chi connectivity index (χ2n) is 19.3. The number of ketones is 1. The third-order valence-corrected chi connectivity index (χ3v) is 14.3. The minimum atomic E-state index is -3.08. The number of anilines is 2. The number of nitrogens with zero attached hydrogens (tertiary/aromatic N) is 8. The molecule has 0 spiro atoms. The van der Waals surface area contributed by atoms with E-state index in [-0.39, 0.29) is 43.9 Å². The number of fused-ring (bicyclic) bond motifs is 1. The molecule has 4 fully saturated rings. The number of benzene rings is 2. The molecule has 5 atom stereocenters. The van der Waals surface area contributed by atoms with Crippen LogP contribution in [-0.4, -0.2) is 167 Å². The lowest BCUT2D eigenvalue weighted by Gasteiger charge is -2.48. The van der Waals surface area contributed by atoms with Gasteiger partial charge < -0.3 is 34.4 Å². The number of nitrogens with one attached hydrogen (secondary N) is 1. The maximum absolute atomic E-state index is 16.0. The molecule has 2 aromatic carbocycles. The first-order valence-corrected chi connectivity index (χ1v) is 24.0. The maximum Gasteiger partial charge on any atom is 0.326 e. The molecule has 3 N–H and O–H groups in total. The first-order chi connectivity index (χ1) is 32.3. The minimum Gasteiger partial charge on any atom is -0.754 e. The number of pyridine rings is 1. The van der Waals surface area contributed by atoms with Crippen molar-refractivity contribution in [3.05, 3.63) is 77.6 Å². The molecular formula is C47H57F3N9O8S-. The largest absolute Gasteiger partial charge is 0.754 e. The average Bonchev–Trinajstić information content (AvgIpc) is 4.04. The van der Waals surface area contributed by atoms with Gasteiger partial charge >= 0.3 is 5.97 Å². The highest BCUT2D eigenvalue weighted by Crippen LogP contribution is 2.35. The number of hydrogen-bond donors (Lipinski definition) is 3. The Kier molecular flexibility index (Phi) is 14.3. The number of H-pyrrole nitrogens is 1. The van der Waals surface area contributed by atoms with Crippen molar-refractivity contribution < 1.29 is 51.3 Å². The Morgan fingerprint density at radius 3 is 2.24 bits per heavy atom. The van der Waals surface area contributed by atoms with Crippen LogP contribution in [-0.2, 0) is 25.7 Å². The number of carbonyl (C=O) groups is 4. The molecule has 0 saturated carbocycles. The number of aliphatic hydroxyl groups excluding tert-OH is 1. The molecule has 8 rings (SSSR count). The van der Waals surface area contributed by atoms with Crippen LogP contribution in [0.15, 0.2) is 54.9 Å². The van der Waals surface area contributed by atoms with Crippen LogP contribution >= 0.6 is 0 Å². The van der Waals surface area contributed by atoms with Gasteiger partial charge in [-0.3, -0.25) is 23.6 Å². The SMILES string of the molecule is CC(=O)N([C@H](C(=O)N1C[C@H](O)C[C@H]1C(=O)O)C(C)(C)C)N1CCN(CC2CCN(c3ccc(-c4cnc5[nH]cc(C(=O)c6c(F)ccc(N(N7CC[C@@H](F)C7)S(=O)[O-])c6F)c5c4)cc3)CC2)CC1. The monoisotopic (exact) mass is 964 g/mol. The summed E-state index contributed by atoms with van der Waals surface area (Å²) in [6.45, 7) is 11.5. The zero-order valence-electron chi connectivity index (χ0n) is 38.4. The van der Waals surface area contributed by atoms with Crippen LogP contribution in [0.3, 0.4) is 0 Å². The van der Waals surface area contributed by atoms with Crippen molar-refractivity contribution in [2.24, 2.45) is 11.3 Å². The van der Waals surface area contributed by atoms with Crippen LogP contribution in [0.4, 0.5) is 24.5 Å². The Hall–Kier alpha value is -5.45. The lowest BCUT2D eigenvalue weighted by Crippen LogP contribution is -2.65. The number of piperazine rings is 1. The zero-order valence-corrected chi connectivity index (χ0v) is 39.3. The molecule has 21 heteroatoms. The molecule has 0 radical (unpaired) electrons. The Balaban J connectivity index is 0.880. The number of piperidine rings is 1. The average molecular weight is 965 g/mol. The number of aliphatic hydroxyl groups is 1. The third kappa shape index (κ3) is 10.00. The van der Waals surface area contributed by atoms with Crippen molar-refractivity contribution in [3.8, 4) is 11.1 Å². The molecule has 4 aromatic rings. The molecule has 6 heterocycles. The van der Waals surface area contributed by atoms with Gasteiger partial charge in [0.2, 0.25) is 17.6 Å². The van der Waals surface area contributed by atoms with Gasteiger partial charge in [-0.15, -0.1) is 0 Å². The smallest absolute Gasteiger partial charge is 0.326 e. The fraction of sp³-hybridized carbons (Fsp3) is 0.511. The second kappa shape index (κ2) is 19.9. The first kappa shape index (κ1) is 49.0. The lowest BCUT2D eigenvalue weighted by atomic mass is 9.85. The molecule has 4 aliphatic heterocycles. The van der Waals surface area contributed by atoms with E-state index in [4.69, 9.17) is 0 Å². The van der Waals surface area contributed by atoms with Crippen LogP contribution in [0.5, 0.6) is 0 Å². The van der Waals surface area contributed by atoms with Crippen molar-refractivity contribution in [1.82, 2.24) is 34.8 Å². The molecule has 0 bridgehead atoms. The summed E-state index contributed by atoms with van der Waals surface area (Å²) in [5.74, 6) is -5.13. The molecule has 366 valence electrons. The van der Waals surface area contributed by atoms with Gasteiger partial charge in [-0.25, -0.2) is 37.4 Å². The molecule has 0 aliphatic carbocycles. The van der Waals surface area contributed by atoms with E-state index in [0.717, 1.165) is 60.9 Å². The van der Waals surface area contributed by atoms with Gasteiger partial charge in [0.15, 0.2) is 5.82 Å². The number of hydrogen-bond acceptors (Lipinski definition) is 12. The number of carbonyl (C=O) groups excluding carboxylic acids is 3. The summed E-state index contributed by atoms with van der Waals surface area (Å²) in [6, 6.07) is 9.22. The maximum atomic E-state index is 16.0. The second-order valence-corrected chi connectivity index (χ2v) is 20.1. The fourth-order valence-corrected chi connectivity index (χ4v) is 10.8. The van der Waals surface area contributed by atoms with Gasteiger partial charge in [0.25, 0.3) is 0 Å². The number of aromatic nitrogens is 2. The van der Waals surface area contributed by atoms with E-state index in [1.54, 1.807) is 12.3 Å². The van der Waals surface area contributed by atoms with Crippen LogP contribution in [0, 0.1) is 23.0 Å². The number of carboxylic acids is 1. The topological polar surface area (TPSA) is 200 Å². The highest BCUT2D eigenvalue weighted by Gasteiger charge is 2.48. The number of halogens is 3. The van der Waals surface area contributed by atoms with E-state index in [2.05, 4.69) is 19.8 Å². The summed E-state index contributed by atoms with van der Waals surface area (Å²) in [7, 11) is 0. The van der Waals surface area contributed by atoms with Gasteiger partial charge in [-0.2, -0.15) is 0 Å². The van der Waals surface area contributed by atoms with E-state index in [1.165, 1.54) is 23.0 Å². The predicted octanol–water partition coefficient (Wildman–Crippen LogP) is 4.36. The van der Waals surface area contributed by atoms with E-state index in [0.29, 0.717) is 53.1 Å². The summed E-state index contributed by atoms with van der Waals surface area (Å²) >= 11 is -3.08. The molecule has 1 unspecified atom stereocenters. The Morgan fingerprint density at radius 1 is 0.941 bits per heavy atom. The zero-order chi connectivity index (χ0) is 48.8. The Morgan fingerprint density at radius 2 is 1.63 bits per heavy atom. The summed E-state index contributed by atoms with van der Waals surface area (Å²) in [5.41, 5.74) is 0.444. The van der Waals surface area contributed by atoms with Crippen molar-refractivity contribution in [1.29, 1.82) is 0 Å². The first-order valence-electron chi connectivity index (χ1n) is 22.9. The predicted molar refractivity (Wildman–Crippen MR) is 246 cm³/mol. The molecule has 4 aliphatic rings. The van der Waals surface area contributed by atoms with Crippen molar-refractivity contribution >= 4 is 57.2 Å². The van der Waals surface area contributed by atoms with Gasteiger partial charge in [0.05, 0.1) is 29.5 Å². The van der Waals surface area contributed by atoms with Gasteiger partial charge in [-0.05, 0) is 66.5 Å². The summed E-state index contributed by atoms with van der Waals surface area (Å²) in [5, 5.41) is 24.9. The molecule has 68 heavy (non-hydrogen) atoms. The number of carboxylic acid groups (broad SMARTS) is 1. The van der Waals surface area contributed by atoms with Crippen LogP contribution in [0.25, 0.3) is 22.2 Å². The highest BCUT2D eigenvalue weighted by atomic mass is 32.2. The van der Waals surface area contributed by atoms with Crippen LogP contribution < -0.4 is 9.31 Å². The molecular weight excluding hydrogens is 908 g/mol. The third-order valence-electron chi connectivity index (χ3n) is 13.6. The number of β-amino-alcohol motifs (C(OH)–C–C–N with tert-alkyl or cyclic N) is 1. The molecule has 17 nitrogen and oxygen atoms in total. The number of aromatic amines is 1. The van der Waals surface area contributed by atoms with Gasteiger partial charge in [-0.1, -0.05) is 32.9 Å².